The first-order chi connectivity index (χ1) is 21.7. The van der Waals surface area contributed by atoms with Crippen molar-refractivity contribution < 1.29 is 38.5 Å². The van der Waals surface area contributed by atoms with Crippen LogP contribution in [-0.2, 0) is 33.4 Å². The molecule has 0 spiro atoms. The molecule has 0 radical (unpaired) electrons. The summed E-state index contributed by atoms with van der Waals surface area (Å²) in [6.45, 7) is 12.6. The van der Waals surface area contributed by atoms with E-state index < -0.39 is 58.3 Å². The summed E-state index contributed by atoms with van der Waals surface area (Å²) in [5.41, 5.74) is -1.86. The van der Waals surface area contributed by atoms with Gasteiger partial charge in [0.05, 0.1) is 5.60 Å². The highest BCUT2D eigenvalue weighted by molar-refractivity contribution is 6.00. The molecule has 0 aliphatic heterocycles. The highest BCUT2D eigenvalue weighted by Crippen LogP contribution is 2.77. The third kappa shape index (κ3) is 6.88. The van der Waals surface area contributed by atoms with Gasteiger partial charge in [0.25, 0.3) is 0 Å². The monoisotopic (exact) mass is 642 g/mol. The summed E-state index contributed by atoms with van der Waals surface area (Å²) in [5.74, 6) is -3.86. The van der Waals surface area contributed by atoms with Crippen LogP contribution in [0.5, 0.6) is 0 Å². The normalized spacial score (nSPS) is 33.9. The van der Waals surface area contributed by atoms with Gasteiger partial charge >= 0.3 is 17.9 Å². The molecule has 46 heavy (non-hydrogen) atoms. The predicted molar refractivity (Wildman–Crippen MR) is 175 cm³/mol. The highest BCUT2D eigenvalue weighted by atomic mass is 16.6. The summed E-state index contributed by atoms with van der Waals surface area (Å²) in [4.78, 5) is 51.2. The fourth-order valence-electron chi connectivity index (χ4n) is 9.32. The van der Waals surface area contributed by atoms with Gasteiger partial charge in [-0.1, -0.05) is 104 Å². The Kier molecular flexibility index (Phi) is 11.6. The van der Waals surface area contributed by atoms with Crippen molar-refractivity contribution in [2.75, 3.05) is 6.61 Å². The standard InChI is InChI=1S/C38H58O8/c1-8-9-10-11-12-13-14-15-16-17-18-19-32(41)45-35-25(3)37(43)30-20-24(2)33(42)29(30)21-28(23-44-26(4)39)22-31(37)34-36(6,7)38(34,35)46-27(5)40/h20,22,25,29-31,34-35,43H,8-19,21,23H2,1-7H3/t25-,29?,30-,31+,34-,35-,37+,38-/m1/s1. The third-order valence-corrected chi connectivity index (χ3v) is 11.7. The van der Waals surface area contributed by atoms with Crippen LogP contribution in [0.4, 0.5) is 0 Å². The third-order valence-electron chi connectivity index (χ3n) is 11.7. The van der Waals surface area contributed by atoms with Crippen LogP contribution in [0.25, 0.3) is 0 Å². The number of hydrogen-bond donors (Lipinski definition) is 1. The number of Topliss-reactive ketones (excluding diaryl/α,β-unsaturated/α-hetero) is 1. The van der Waals surface area contributed by atoms with Crippen molar-refractivity contribution in [3.8, 4) is 0 Å². The van der Waals surface area contributed by atoms with Crippen LogP contribution >= 0.6 is 0 Å². The molecule has 0 bridgehead atoms. The average molecular weight is 643 g/mol. The number of unbranched alkanes of at least 4 members (excludes halogenated alkanes) is 10. The summed E-state index contributed by atoms with van der Waals surface area (Å²) in [5, 5.41) is 12.9. The van der Waals surface area contributed by atoms with E-state index in [9.17, 15) is 24.3 Å². The Hall–Kier alpha value is -2.48. The molecule has 8 heteroatoms. The highest BCUT2D eigenvalue weighted by Gasteiger charge is 2.87. The lowest BCUT2D eigenvalue weighted by Gasteiger charge is -2.52. The fraction of sp³-hybridized carbons (Fsp3) is 0.789. The molecule has 4 rings (SSSR count). The summed E-state index contributed by atoms with van der Waals surface area (Å²) in [6.07, 6.45) is 16.5. The average Bonchev–Trinajstić information content (AvgIpc) is 3.38. The van der Waals surface area contributed by atoms with Crippen LogP contribution in [0.2, 0.25) is 0 Å². The number of ether oxygens (including phenoxy) is 3. The van der Waals surface area contributed by atoms with E-state index in [1.165, 1.54) is 65.2 Å². The first kappa shape index (κ1) is 36.4. The van der Waals surface area contributed by atoms with Gasteiger partial charge in [-0.05, 0) is 30.9 Å². The molecule has 0 aromatic carbocycles. The van der Waals surface area contributed by atoms with Crippen molar-refractivity contribution >= 4 is 23.7 Å². The minimum atomic E-state index is -1.46. The van der Waals surface area contributed by atoms with E-state index >= 15 is 0 Å². The largest absolute Gasteiger partial charge is 0.461 e. The van der Waals surface area contributed by atoms with Gasteiger partial charge in [0, 0.05) is 55.3 Å². The van der Waals surface area contributed by atoms with Crippen LogP contribution in [-0.4, -0.2) is 52.7 Å². The molecule has 8 nitrogen and oxygen atoms in total. The number of ketones is 1. The number of allylic oxidation sites excluding steroid dienone is 1. The van der Waals surface area contributed by atoms with Gasteiger partial charge in [-0.15, -0.1) is 0 Å². The molecule has 0 aromatic rings. The molecule has 2 saturated carbocycles. The van der Waals surface area contributed by atoms with Gasteiger partial charge < -0.3 is 19.3 Å². The van der Waals surface area contributed by atoms with Crippen molar-refractivity contribution in [3.05, 3.63) is 23.3 Å². The first-order valence-electron chi connectivity index (χ1n) is 17.9. The second kappa shape index (κ2) is 14.7. The van der Waals surface area contributed by atoms with E-state index in [0.29, 0.717) is 12.0 Å². The zero-order valence-electron chi connectivity index (χ0n) is 29.3. The van der Waals surface area contributed by atoms with E-state index in [1.54, 1.807) is 6.92 Å². The number of carbonyl (C=O) groups is 4. The first-order valence-corrected chi connectivity index (χ1v) is 17.9. The Labute approximate surface area is 276 Å². The fourth-order valence-corrected chi connectivity index (χ4v) is 9.32. The van der Waals surface area contributed by atoms with Crippen LogP contribution in [0, 0.1) is 35.0 Å². The molecule has 0 saturated heterocycles. The number of carbonyl (C=O) groups excluding carboxylic acids is 4. The van der Waals surface area contributed by atoms with E-state index in [2.05, 4.69) is 6.92 Å². The maximum Gasteiger partial charge on any atom is 0.306 e. The molecular weight excluding hydrogens is 584 g/mol. The lowest BCUT2D eigenvalue weighted by Crippen LogP contribution is -2.63. The second-order valence-corrected chi connectivity index (χ2v) is 15.1. The zero-order valence-corrected chi connectivity index (χ0v) is 29.3. The van der Waals surface area contributed by atoms with Gasteiger partial charge in [-0.2, -0.15) is 0 Å². The Morgan fingerprint density at radius 1 is 0.891 bits per heavy atom. The molecule has 2 fully saturated rings. The molecule has 0 amide bonds. The van der Waals surface area contributed by atoms with Gasteiger partial charge in [0.15, 0.2) is 11.4 Å². The summed E-state index contributed by atoms with van der Waals surface area (Å²) < 4.78 is 17.8. The molecule has 258 valence electrons. The van der Waals surface area contributed by atoms with Crippen molar-refractivity contribution in [2.24, 2.45) is 35.0 Å². The quantitative estimate of drug-likeness (QED) is 0.0813. The summed E-state index contributed by atoms with van der Waals surface area (Å²) in [7, 11) is 0. The minimum Gasteiger partial charge on any atom is -0.461 e. The molecule has 4 aliphatic carbocycles. The van der Waals surface area contributed by atoms with E-state index in [0.717, 1.165) is 24.8 Å². The zero-order chi connectivity index (χ0) is 33.9. The molecular formula is C38H58O8. The van der Waals surface area contributed by atoms with E-state index in [4.69, 9.17) is 14.2 Å². The van der Waals surface area contributed by atoms with Crippen molar-refractivity contribution in [1.29, 1.82) is 0 Å². The van der Waals surface area contributed by atoms with Crippen molar-refractivity contribution in [3.63, 3.8) is 0 Å². The van der Waals surface area contributed by atoms with Crippen molar-refractivity contribution in [1.82, 2.24) is 0 Å². The van der Waals surface area contributed by atoms with Crippen molar-refractivity contribution in [2.45, 2.75) is 149 Å². The van der Waals surface area contributed by atoms with Crippen LogP contribution in [0.15, 0.2) is 23.3 Å². The summed E-state index contributed by atoms with van der Waals surface area (Å²) in [6, 6.07) is 0. The Morgan fingerprint density at radius 3 is 2.04 bits per heavy atom. The predicted octanol–water partition coefficient (Wildman–Crippen LogP) is 7.21. The molecule has 8 atom stereocenters. The summed E-state index contributed by atoms with van der Waals surface area (Å²) >= 11 is 0. The molecule has 0 aromatic heterocycles. The smallest absolute Gasteiger partial charge is 0.306 e. The van der Waals surface area contributed by atoms with E-state index in [1.807, 2.05) is 32.9 Å². The second-order valence-electron chi connectivity index (χ2n) is 15.1. The van der Waals surface area contributed by atoms with Gasteiger partial charge in [0.1, 0.15) is 12.7 Å². The minimum absolute atomic E-state index is 0.0247. The lowest BCUT2D eigenvalue weighted by molar-refractivity contribution is -0.219. The SMILES string of the molecule is CCCCCCCCCCCCCC(=O)O[C@@H]1[C@@H](C)[C@]2(O)[C@@H]3C=C(C)C(=O)C3CC(COC(C)=O)=C[C@H]2[C@@H]2C(C)(C)[C@]12OC(C)=O. The Balaban J connectivity index is 1.51. The number of aliphatic hydroxyl groups is 1. The van der Waals surface area contributed by atoms with Crippen LogP contribution < -0.4 is 0 Å². The maximum atomic E-state index is 13.4. The molecule has 1 N–H and O–H groups in total. The maximum absolute atomic E-state index is 13.4. The number of rotatable bonds is 16. The van der Waals surface area contributed by atoms with Gasteiger partial charge in [-0.25, -0.2) is 0 Å². The molecule has 4 aliphatic rings. The number of fused-ring (bicyclic) bond motifs is 5. The van der Waals surface area contributed by atoms with Crippen LogP contribution in [0.1, 0.15) is 132 Å². The van der Waals surface area contributed by atoms with E-state index in [-0.39, 0.29) is 30.7 Å². The lowest BCUT2D eigenvalue weighted by atomic mass is 9.60. The Morgan fingerprint density at radius 2 is 1.48 bits per heavy atom. The number of hydrogen-bond acceptors (Lipinski definition) is 8. The topological polar surface area (TPSA) is 116 Å². The Bertz CT molecular complexity index is 1210. The number of esters is 3. The van der Waals surface area contributed by atoms with Crippen LogP contribution in [0.3, 0.4) is 0 Å². The van der Waals surface area contributed by atoms with Gasteiger partial charge in [0.2, 0.25) is 0 Å². The molecule has 1 unspecified atom stereocenters. The molecule has 0 heterocycles. The van der Waals surface area contributed by atoms with Gasteiger partial charge in [-0.3, -0.25) is 19.2 Å².